The zero-order valence-electron chi connectivity index (χ0n) is 16.9. The lowest BCUT2D eigenvalue weighted by molar-refractivity contribution is 0.414. The molecule has 0 aliphatic carbocycles. The number of aromatic nitrogens is 2. The standard InChI is InChI=1S/C24H24N4O/c1-16-4-7-20(25)11-22(16)18-10-19-14-27-24(12-23(19)26-13-18)28(2)15-17-5-8-21(29-3)9-6-17/h4-14H,15,25H2,1-3H3. The molecule has 5 nitrogen and oxygen atoms in total. The van der Waals surface area contributed by atoms with Gasteiger partial charge in [-0.3, -0.25) is 4.98 Å². The normalized spacial score (nSPS) is 10.9. The highest BCUT2D eigenvalue weighted by atomic mass is 16.5. The van der Waals surface area contributed by atoms with E-state index in [-0.39, 0.29) is 0 Å². The van der Waals surface area contributed by atoms with Crippen molar-refractivity contribution in [3.63, 3.8) is 0 Å². The average Bonchev–Trinajstić information content (AvgIpc) is 2.75. The Balaban J connectivity index is 1.60. The first kappa shape index (κ1) is 18.7. The van der Waals surface area contributed by atoms with Crippen LogP contribution < -0.4 is 15.4 Å². The Hall–Kier alpha value is -3.60. The third-order valence-corrected chi connectivity index (χ3v) is 5.09. The van der Waals surface area contributed by atoms with E-state index in [1.807, 2.05) is 55.8 Å². The Morgan fingerprint density at radius 3 is 2.52 bits per heavy atom. The van der Waals surface area contributed by atoms with E-state index < -0.39 is 0 Å². The molecule has 2 aromatic carbocycles. The maximum Gasteiger partial charge on any atom is 0.130 e. The predicted molar refractivity (Wildman–Crippen MR) is 119 cm³/mol. The molecule has 0 amide bonds. The molecule has 0 aliphatic heterocycles. The van der Waals surface area contributed by atoms with E-state index >= 15 is 0 Å². The Labute approximate surface area is 170 Å². The number of nitrogen functional groups attached to an aromatic ring is 1. The molecule has 5 heteroatoms. The summed E-state index contributed by atoms with van der Waals surface area (Å²) in [6.45, 7) is 2.83. The number of ether oxygens (including phenoxy) is 1. The molecule has 146 valence electrons. The minimum atomic E-state index is 0.749. The number of nitrogens with zero attached hydrogens (tertiary/aromatic N) is 3. The summed E-state index contributed by atoms with van der Waals surface area (Å²) in [6.07, 6.45) is 3.78. The topological polar surface area (TPSA) is 64.3 Å². The summed E-state index contributed by atoms with van der Waals surface area (Å²) in [5.74, 6) is 1.74. The summed E-state index contributed by atoms with van der Waals surface area (Å²) < 4.78 is 5.22. The van der Waals surface area contributed by atoms with E-state index in [1.165, 1.54) is 11.1 Å². The zero-order valence-corrected chi connectivity index (χ0v) is 16.9. The molecule has 0 saturated carbocycles. The molecule has 0 saturated heterocycles. The molecule has 0 atom stereocenters. The van der Waals surface area contributed by atoms with Crippen molar-refractivity contribution >= 4 is 22.4 Å². The number of anilines is 2. The lowest BCUT2D eigenvalue weighted by atomic mass is 10.0. The van der Waals surface area contributed by atoms with Gasteiger partial charge in [-0.05, 0) is 53.9 Å². The minimum Gasteiger partial charge on any atom is -0.497 e. The van der Waals surface area contributed by atoms with Crippen molar-refractivity contribution in [1.82, 2.24) is 9.97 Å². The molecule has 0 unspecified atom stereocenters. The van der Waals surface area contributed by atoms with Crippen molar-refractivity contribution in [3.8, 4) is 16.9 Å². The van der Waals surface area contributed by atoms with Crippen LogP contribution in [0.3, 0.4) is 0 Å². The van der Waals surface area contributed by atoms with Crippen LogP contribution in [-0.4, -0.2) is 24.1 Å². The molecular formula is C24H24N4O. The van der Waals surface area contributed by atoms with E-state index in [4.69, 9.17) is 10.5 Å². The molecule has 2 aromatic heterocycles. The van der Waals surface area contributed by atoms with Gasteiger partial charge < -0.3 is 15.4 Å². The van der Waals surface area contributed by atoms with Crippen molar-refractivity contribution in [2.75, 3.05) is 24.8 Å². The van der Waals surface area contributed by atoms with Crippen LogP contribution >= 0.6 is 0 Å². The van der Waals surface area contributed by atoms with Crippen LogP contribution in [-0.2, 0) is 6.54 Å². The van der Waals surface area contributed by atoms with Crippen LogP contribution in [0, 0.1) is 6.92 Å². The van der Waals surface area contributed by atoms with Gasteiger partial charge in [-0.15, -0.1) is 0 Å². The second kappa shape index (κ2) is 7.80. The molecule has 4 aromatic rings. The fraction of sp³-hybridized carbons (Fsp3) is 0.167. The van der Waals surface area contributed by atoms with Gasteiger partial charge in [0.25, 0.3) is 0 Å². The van der Waals surface area contributed by atoms with Crippen LogP contribution in [0.4, 0.5) is 11.5 Å². The van der Waals surface area contributed by atoms with Crippen LogP contribution in [0.1, 0.15) is 11.1 Å². The smallest absolute Gasteiger partial charge is 0.130 e. The molecule has 0 fully saturated rings. The molecular weight excluding hydrogens is 360 g/mol. The maximum atomic E-state index is 5.96. The van der Waals surface area contributed by atoms with Crippen LogP contribution in [0.25, 0.3) is 22.0 Å². The fourth-order valence-electron chi connectivity index (χ4n) is 3.40. The summed E-state index contributed by atoms with van der Waals surface area (Å²) in [7, 11) is 3.70. The minimum absolute atomic E-state index is 0.749. The average molecular weight is 384 g/mol. The van der Waals surface area contributed by atoms with Gasteiger partial charge in [0.15, 0.2) is 0 Å². The molecule has 0 aliphatic rings. The maximum absolute atomic E-state index is 5.96. The number of benzene rings is 2. The van der Waals surface area contributed by atoms with Gasteiger partial charge in [-0.2, -0.15) is 0 Å². The van der Waals surface area contributed by atoms with Crippen molar-refractivity contribution in [2.45, 2.75) is 13.5 Å². The number of fused-ring (bicyclic) bond motifs is 1. The molecule has 29 heavy (non-hydrogen) atoms. The van der Waals surface area contributed by atoms with Crippen molar-refractivity contribution in [1.29, 1.82) is 0 Å². The number of hydrogen-bond acceptors (Lipinski definition) is 5. The van der Waals surface area contributed by atoms with E-state index in [1.54, 1.807) is 7.11 Å². The summed E-state index contributed by atoms with van der Waals surface area (Å²) in [5.41, 5.74) is 12.1. The number of methoxy groups -OCH3 is 1. The van der Waals surface area contributed by atoms with Gasteiger partial charge in [-0.1, -0.05) is 18.2 Å². The fourth-order valence-corrected chi connectivity index (χ4v) is 3.40. The number of rotatable bonds is 5. The van der Waals surface area contributed by atoms with Gasteiger partial charge in [0, 0.05) is 48.7 Å². The van der Waals surface area contributed by atoms with Gasteiger partial charge in [0.05, 0.1) is 12.6 Å². The van der Waals surface area contributed by atoms with Gasteiger partial charge >= 0.3 is 0 Å². The third-order valence-electron chi connectivity index (χ3n) is 5.09. The quantitative estimate of drug-likeness (QED) is 0.499. The van der Waals surface area contributed by atoms with Gasteiger partial charge in [-0.25, -0.2) is 4.98 Å². The summed E-state index contributed by atoms with van der Waals surface area (Å²) in [4.78, 5) is 11.4. The van der Waals surface area contributed by atoms with E-state index in [0.717, 1.165) is 45.8 Å². The van der Waals surface area contributed by atoms with Crippen LogP contribution in [0.15, 0.2) is 67.0 Å². The van der Waals surface area contributed by atoms with Crippen LogP contribution in [0.2, 0.25) is 0 Å². The number of aryl methyl sites for hydroxylation is 1. The largest absolute Gasteiger partial charge is 0.497 e. The van der Waals surface area contributed by atoms with Crippen molar-refractivity contribution in [3.05, 3.63) is 78.1 Å². The van der Waals surface area contributed by atoms with Gasteiger partial charge in [0.2, 0.25) is 0 Å². The molecule has 0 bridgehead atoms. The highest BCUT2D eigenvalue weighted by Crippen LogP contribution is 2.28. The van der Waals surface area contributed by atoms with E-state index in [2.05, 4.69) is 40.0 Å². The van der Waals surface area contributed by atoms with E-state index in [0.29, 0.717) is 0 Å². The number of nitrogens with two attached hydrogens (primary N) is 1. The Kier molecular flexibility index (Phi) is 5.04. The number of hydrogen-bond donors (Lipinski definition) is 1. The first-order valence-electron chi connectivity index (χ1n) is 9.50. The second-order valence-corrected chi connectivity index (χ2v) is 7.24. The lowest BCUT2D eigenvalue weighted by Crippen LogP contribution is -2.17. The summed E-state index contributed by atoms with van der Waals surface area (Å²) in [5, 5.41) is 1.01. The Morgan fingerprint density at radius 1 is 0.966 bits per heavy atom. The summed E-state index contributed by atoms with van der Waals surface area (Å²) >= 11 is 0. The third kappa shape index (κ3) is 3.99. The second-order valence-electron chi connectivity index (χ2n) is 7.24. The summed E-state index contributed by atoms with van der Waals surface area (Å²) in [6, 6.07) is 18.1. The molecule has 0 radical (unpaired) electrons. The highest BCUT2D eigenvalue weighted by Gasteiger charge is 2.09. The lowest BCUT2D eigenvalue weighted by Gasteiger charge is -2.19. The van der Waals surface area contributed by atoms with Crippen molar-refractivity contribution < 1.29 is 4.74 Å². The Morgan fingerprint density at radius 2 is 1.76 bits per heavy atom. The first-order valence-corrected chi connectivity index (χ1v) is 9.50. The van der Waals surface area contributed by atoms with Crippen molar-refractivity contribution in [2.24, 2.45) is 0 Å². The monoisotopic (exact) mass is 384 g/mol. The van der Waals surface area contributed by atoms with Crippen LogP contribution in [0.5, 0.6) is 5.75 Å². The number of pyridine rings is 2. The van der Waals surface area contributed by atoms with E-state index in [9.17, 15) is 0 Å². The molecule has 2 heterocycles. The first-order chi connectivity index (χ1) is 14.0. The predicted octanol–water partition coefficient (Wildman–Crippen LogP) is 4.83. The molecule has 4 rings (SSSR count). The molecule has 0 spiro atoms. The zero-order chi connectivity index (χ0) is 20.4. The highest BCUT2D eigenvalue weighted by molar-refractivity contribution is 5.85. The molecule has 2 N–H and O–H groups in total. The van der Waals surface area contributed by atoms with Gasteiger partial charge in [0.1, 0.15) is 11.6 Å². The SMILES string of the molecule is COc1ccc(CN(C)c2cc3ncc(-c4cc(N)ccc4C)cc3cn2)cc1. The Bertz CT molecular complexity index is 1160.